The molecule has 2 aromatic carbocycles. The molecular weight excluding hydrogens is 492 g/mol. The average Bonchev–Trinajstić information content (AvgIpc) is 2.90. The van der Waals surface area contributed by atoms with Crippen LogP contribution in [0.25, 0.3) is 6.08 Å². The Kier molecular flexibility index (Phi) is 15.3. The molecule has 0 bridgehead atoms. The molecule has 0 aliphatic heterocycles. The van der Waals surface area contributed by atoms with Gasteiger partial charge in [0.25, 0.3) is 0 Å². The molecule has 0 saturated heterocycles. The van der Waals surface area contributed by atoms with Crippen LogP contribution in [0.15, 0.2) is 42.5 Å². The summed E-state index contributed by atoms with van der Waals surface area (Å²) in [4.78, 5) is 11.9. The topological polar surface area (TPSA) is 63.2 Å². The van der Waals surface area contributed by atoms with E-state index >= 15 is 0 Å². The number of esters is 1. The Morgan fingerprint density at radius 1 is 0.784 bits per heavy atom. The fraction of sp³-hybridized carbons (Fsp3) is 0.500. The van der Waals surface area contributed by atoms with Gasteiger partial charge in [-0.2, -0.15) is 0 Å². The third-order valence-corrected chi connectivity index (χ3v) is 5.76. The minimum absolute atomic E-state index is 0.231. The summed E-state index contributed by atoms with van der Waals surface area (Å²) >= 11 is 6.41. The molecule has 0 saturated carbocycles. The number of unbranched alkanes of at least 4 members (excludes halogenated alkanes) is 3. The third kappa shape index (κ3) is 12.4. The van der Waals surface area contributed by atoms with Gasteiger partial charge >= 0.3 is 5.97 Å². The highest BCUT2D eigenvalue weighted by molar-refractivity contribution is 6.32. The summed E-state index contributed by atoms with van der Waals surface area (Å²) in [7, 11) is 0. The molecule has 37 heavy (non-hydrogen) atoms. The van der Waals surface area contributed by atoms with Gasteiger partial charge in [0.1, 0.15) is 12.4 Å². The van der Waals surface area contributed by atoms with Crippen molar-refractivity contribution in [1.82, 2.24) is 0 Å². The number of benzene rings is 2. The van der Waals surface area contributed by atoms with Crippen LogP contribution in [-0.2, 0) is 20.7 Å². The maximum Gasteiger partial charge on any atom is 0.330 e. The number of hydrogen-bond donors (Lipinski definition) is 0. The molecule has 0 unspecified atom stereocenters. The molecule has 0 radical (unpaired) electrons. The largest absolute Gasteiger partial charge is 0.492 e. The van der Waals surface area contributed by atoms with Crippen LogP contribution in [-0.4, -0.2) is 45.6 Å². The zero-order valence-electron chi connectivity index (χ0n) is 22.4. The second-order valence-electron chi connectivity index (χ2n) is 8.52. The van der Waals surface area contributed by atoms with E-state index < -0.39 is 5.97 Å². The van der Waals surface area contributed by atoms with Crippen LogP contribution < -0.4 is 14.2 Å². The summed E-state index contributed by atoms with van der Waals surface area (Å²) in [5.74, 6) is 1.61. The second kappa shape index (κ2) is 18.5. The Morgan fingerprint density at radius 3 is 2.27 bits per heavy atom. The van der Waals surface area contributed by atoms with Crippen LogP contribution in [0.4, 0.5) is 0 Å². The molecule has 6 nitrogen and oxygen atoms in total. The van der Waals surface area contributed by atoms with Crippen molar-refractivity contribution in [2.45, 2.75) is 59.3 Å². The monoisotopic (exact) mass is 532 g/mol. The van der Waals surface area contributed by atoms with E-state index in [1.807, 2.05) is 43.3 Å². The summed E-state index contributed by atoms with van der Waals surface area (Å²) in [5.41, 5.74) is 1.89. The summed E-state index contributed by atoms with van der Waals surface area (Å²) in [6.45, 7) is 9.13. The van der Waals surface area contributed by atoms with Gasteiger partial charge in [0.15, 0.2) is 11.5 Å². The normalized spacial score (nSPS) is 11.0. The molecule has 7 heteroatoms. The van der Waals surface area contributed by atoms with Gasteiger partial charge in [-0.05, 0) is 61.2 Å². The lowest BCUT2D eigenvalue weighted by Gasteiger charge is -2.14. The molecule has 0 aliphatic rings. The average molecular weight is 533 g/mol. The van der Waals surface area contributed by atoms with Crippen LogP contribution in [0.1, 0.15) is 64.0 Å². The van der Waals surface area contributed by atoms with E-state index in [1.54, 1.807) is 6.08 Å². The van der Waals surface area contributed by atoms with Gasteiger partial charge in [-0.1, -0.05) is 56.8 Å². The van der Waals surface area contributed by atoms with Crippen molar-refractivity contribution >= 4 is 23.6 Å². The van der Waals surface area contributed by atoms with Gasteiger partial charge in [0.2, 0.25) is 0 Å². The van der Waals surface area contributed by atoms with E-state index in [0.717, 1.165) is 49.0 Å². The number of carbonyl (C=O) groups is 1. The van der Waals surface area contributed by atoms with Gasteiger partial charge in [-0.25, -0.2) is 4.79 Å². The predicted octanol–water partition coefficient (Wildman–Crippen LogP) is 7.30. The quantitative estimate of drug-likeness (QED) is 0.107. The molecule has 0 amide bonds. The smallest absolute Gasteiger partial charge is 0.330 e. The molecule has 0 N–H and O–H groups in total. The van der Waals surface area contributed by atoms with Crippen LogP contribution in [0, 0.1) is 0 Å². The first-order valence-corrected chi connectivity index (χ1v) is 13.7. The predicted molar refractivity (Wildman–Crippen MR) is 149 cm³/mol. The van der Waals surface area contributed by atoms with Gasteiger partial charge in [-0.15, -0.1) is 0 Å². The van der Waals surface area contributed by atoms with E-state index in [4.69, 9.17) is 35.3 Å². The van der Waals surface area contributed by atoms with Gasteiger partial charge < -0.3 is 23.7 Å². The Morgan fingerprint density at radius 2 is 1.51 bits per heavy atom. The summed E-state index contributed by atoms with van der Waals surface area (Å²) in [6, 6.07) is 11.5. The standard InChI is InChI=1S/C30H41ClO6/c1-4-7-9-18-34-27-13-10-25(22-26(27)31)16-19-36-28-14-11-24(23-29(28)35-17-8-5-2)12-15-30(32)37-21-20-33-6-3/h10-15,22-23H,4-9,16-21H2,1-3H3/b15-12-. The maximum absolute atomic E-state index is 11.9. The fourth-order valence-electron chi connectivity index (χ4n) is 3.37. The van der Waals surface area contributed by atoms with Crippen molar-refractivity contribution in [3.05, 3.63) is 58.6 Å². The van der Waals surface area contributed by atoms with Crippen molar-refractivity contribution in [2.24, 2.45) is 0 Å². The van der Waals surface area contributed by atoms with E-state index in [-0.39, 0.29) is 6.61 Å². The highest BCUT2D eigenvalue weighted by Gasteiger charge is 2.09. The lowest BCUT2D eigenvalue weighted by atomic mass is 10.1. The minimum Gasteiger partial charge on any atom is -0.492 e. The van der Waals surface area contributed by atoms with Crippen molar-refractivity contribution in [3.8, 4) is 17.2 Å². The first-order valence-electron chi connectivity index (χ1n) is 13.3. The van der Waals surface area contributed by atoms with Crippen molar-refractivity contribution < 1.29 is 28.5 Å². The molecule has 0 aromatic heterocycles. The molecule has 0 aliphatic carbocycles. The maximum atomic E-state index is 11.9. The van der Waals surface area contributed by atoms with Gasteiger partial charge in [0.05, 0.1) is 31.5 Å². The van der Waals surface area contributed by atoms with Crippen molar-refractivity contribution in [2.75, 3.05) is 39.6 Å². The van der Waals surface area contributed by atoms with Crippen LogP contribution in [0.3, 0.4) is 0 Å². The number of rotatable bonds is 19. The lowest BCUT2D eigenvalue weighted by molar-refractivity contribution is -0.139. The number of carbonyl (C=O) groups excluding carboxylic acids is 1. The lowest BCUT2D eigenvalue weighted by Crippen LogP contribution is -2.08. The fourth-order valence-corrected chi connectivity index (χ4v) is 3.63. The first-order chi connectivity index (χ1) is 18.1. The number of halogens is 1. The Hall–Kier alpha value is -2.70. The molecule has 2 aromatic rings. The molecule has 0 fully saturated rings. The van der Waals surface area contributed by atoms with Gasteiger partial charge in [0, 0.05) is 19.1 Å². The number of ether oxygens (including phenoxy) is 5. The van der Waals surface area contributed by atoms with Crippen LogP contribution in [0.2, 0.25) is 5.02 Å². The van der Waals surface area contributed by atoms with Crippen molar-refractivity contribution in [1.29, 1.82) is 0 Å². The highest BCUT2D eigenvalue weighted by atomic mass is 35.5. The molecule has 0 spiro atoms. The van der Waals surface area contributed by atoms with E-state index in [2.05, 4.69) is 13.8 Å². The summed E-state index contributed by atoms with van der Waals surface area (Å²) in [6.07, 6.45) is 9.10. The van der Waals surface area contributed by atoms with E-state index in [0.29, 0.717) is 56.0 Å². The molecule has 0 heterocycles. The van der Waals surface area contributed by atoms with E-state index in [1.165, 1.54) is 6.08 Å². The van der Waals surface area contributed by atoms with Crippen molar-refractivity contribution in [3.63, 3.8) is 0 Å². The van der Waals surface area contributed by atoms with Gasteiger partial charge in [-0.3, -0.25) is 0 Å². The first kappa shape index (κ1) is 30.5. The third-order valence-electron chi connectivity index (χ3n) is 5.46. The minimum atomic E-state index is -0.412. The van der Waals surface area contributed by atoms with Crippen LogP contribution in [0.5, 0.6) is 17.2 Å². The summed E-state index contributed by atoms with van der Waals surface area (Å²) < 4.78 is 28.1. The molecule has 0 atom stereocenters. The molecule has 2 rings (SSSR count). The van der Waals surface area contributed by atoms with Crippen LogP contribution >= 0.6 is 11.6 Å². The highest BCUT2D eigenvalue weighted by Crippen LogP contribution is 2.30. The number of hydrogen-bond acceptors (Lipinski definition) is 6. The van der Waals surface area contributed by atoms with E-state index in [9.17, 15) is 4.79 Å². The molecule has 204 valence electrons. The Bertz CT molecular complexity index is 959. The Balaban J connectivity index is 1.94. The second-order valence-corrected chi connectivity index (χ2v) is 8.93. The summed E-state index contributed by atoms with van der Waals surface area (Å²) in [5, 5.41) is 0.616. The zero-order chi connectivity index (χ0) is 26.7. The Labute approximate surface area is 226 Å². The SMILES string of the molecule is CCCCCOc1ccc(CCOc2ccc(/C=C\C(=O)OCCOCC)cc2OCCCC)cc1Cl. The molecular formula is C30H41ClO6. The zero-order valence-corrected chi connectivity index (χ0v) is 23.2.